The molecular weight excluding hydrogens is 945 g/mol. The molecular formula is C56H62O13S2. The molecule has 2 heterocycles. The van der Waals surface area contributed by atoms with Gasteiger partial charge in [-0.2, -0.15) is 0 Å². The van der Waals surface area contributed by atoms with Crippen LogP contribution in [0.1, 0.15) is 33.4 Å². The van der Waals surface area contributed by atoms with Crippen LogP contribution in [0.15, 0.2) is 182 Å². The van der Waals surface area contributed by atoms with Gasteiger partial charge in [-0.1, -0.05) is 182 Å². The van der Waals surface area contributed by atoms with Crippen molar-refractivity contribution in [1.82, 2.24) is 0 Å². The van der Waals surface area contributed by atoms with E-state index in [2.05, 4.69) is 0 Å². The fraction of sp³-hybridized carbons (Fsp3) is 0.357. The molecule has 0 N–H and O–H groups in total. The molecule has 13 nitrogen and oxygen atoms in total. The summed E-state index contributed by atoms with van der Waals surface area (Å²) in [4.78, 5) is 0. The Morgan fingerprint density at radius 2 is 0.535 bits per heavy atom. The molecule has 8 rings (SSSR count). The van der Waals surface area contributed by atoms with Crippen LogP contribution in [0.2, 0.25) is 0 Å². The van der Waals surface area contributed by atoms with Gasteiger partial charge in [-0.25, -0.2) is 16.8 Å². The van der Waals surface area contributed by atoms with Gasteiger partial charge < -0.3 is 42.6 Å². The lowest BCUT2D eigenvalue weighted by Crippen LogP contribution is -2.66. The van der Waals surface area contributed by atoms with Crippen molar-refractivity contribution < 1.29 is 59.5 Å². The van der Waals surface area contributed by atoms with Crippen LogP contribution in [0.25, 0.3) is 0 Å². The fourth-order valence-corrected chi connectivity index (χ4v) is 10.4. The van der Waals surface area contributed by atoms with Crippen LogP contribution in [0.3, 0.4) is 0 Å². The van der Waals surface area contributed by atoms with Crippen LogP contribution in [-0.2, 0) is 102 Å². The maximum Gasteiger partial charge on any atom is 0.190 e. The standard InChI is InChI=1S/C56H62O13S2/c1-70(57,58)39-47-49(61-33-41-21-9-3-10-22-41)51(63-35-43-25-13-5-14-26-43)53(65-37-45-29-17-7-18-30-45)55(67-47)69-56-54(66-38-46-31-19-8-20-32-46)52(64-36-44-27-15-6-16-28-44)50(48(68-56)40-71(2,59)60)62-34-42-23-11-4-12-24-42/h3-32,47-56H,33-40H2,1-2H3/t47?,48?,49-,50-,51-,52?,53?,54?,55-,56-/m0/s1. The zero-order chi connectivity index (χ0) is 49.5. The van der Waals surface area contributed by atoms with Crippen LogP contribution >= 0.6 is 0 Å². The van der Waals surface area contributed by atoms with Gasteiger partial charge in [-0.05, 0) is 33.4 Å². The molecule has 0 amide bonds. The molecule has 71 heavy (non-hydrogen) atoms. The number of ether oxygens (including phenoxy) is 9. The predicted octanol–water partition coefficient (Wildman–Crippen LogP) is 8.05. The molecule has 0 radical (unpaired) electrons. The van der Waals surface area contributed by atoms with Gasteiger partial charge >= 0.3 is 0 Å². The first-order valence-corrected chi connectivity index (χ1v) is 27.8. The maximum absolute atomic E-state index is 13.4. The summed E-state index contributed by atoms with van der Waals surface area (Å²) >= 11 is 0. The average Bonchev–Trinajstić information content (AvgIpc) is 3.37. The zero-order valence-electron chi connectivity index (χ0n) is 39.9. The molecule has 0 bridgehead atoms. The van der Waals surface area contributed by atoms with E-state index in [0.29, 0.717) is 0 Å². The Balaban J connectivity index is 1.22. The van der Waals surface area contributed by atoms with Crippen LogP contribution in [0, 0.1) is 0 Å². The van der Waals surface area contributed by atoms with E-state index < -0.39 is 92.6 Å². The number of hydrogen-bond acceptors (Lipinski definition) is 13. The molecule has 6 aromatic carbocycles. The summed E-state index contributed by atoms with van der Waals surface area (Å²) in [6, 6.07) is 57.3. The highest BCUT2D eigenvalue weighted by molar-refractivity contribution is 7.90. The highest BCUT2D eigenvalue weighted by Gasteiger charge is 2.55. The minimum absolute atomic E-state index is 0.0798. The van der Waals surface area contributed by atoms with E-state index in [1.165, 1.54) is 0 Å². The Morgan fingerprint density at radius 1 is 0.324 bits per heavy atom. The summed E-state index contributed by atoms with van der Waals surface area (Å²) in [5, 5.41) is 0. The summed E-state index contributed by atoms with van der Waals surface area (Å²) in [6.07, 6.45) is -9.05. The largest absolute Gasteiger partial charge is 0.368 e. The summed E-state index contributed by atoms with van der Waals surface area (Å²) in [5.41, 5.74) is 5.09. The van der Waals surface area contributed by atoms with Crippen LogP contribution in [0.4, 0.5) is 0 Å². The third-order valence-electron chi connectivity index (χ3n) is 12.1. The van der Waals surface area contributed by atoms with Crippen molar-refractivity contribution >= 4 is 19.7 Å². The van der Waals surface area contributed by atoms with Crippen LogP contribution in [-0.4, -0.2) is 102 Å². The Bertz CT molecular complexity index is 2520. The molecule has 0 aliphatic carbocycles. The molecule has 2 fully saturated rings. The second-order valence-electron chi connectivity index (χ2n) is 18.0. The first-order valence-electron chi connectivity index (χ1n) is 23.7. The third kappa shape index (κ3) is 15.9. The molecule has 6 aromatic rings. The first kappa shape index (κ1) is 52.2. The van der Waals surface area contributed by atoms with Crippen molar-refractivity contribution in [2.24, 2.45) is 0 Å². The Kier molecular flexibility index (Phi) is 18.7. The zero-order valence-corrected chi connectivity index (χ0v) is 41.5. The van der Waals surface area contributed by atoms with E-state index in [0.717, 1.165) is 45.9 Å². The summed E-state index contributed by atoms with van der Waals surface area (Å²) < 4.78 is 115. The van der Waals surface area contributed by atoms with Crippen molar-refractivity contribution in [3.8, 4) is 0 Å². The second-order valence-corrected chi connectivity index (χ2v) is 22.3. The van der Waals surface area contributed by atoms with E-state index >= 15 is 0 Å². The molecule has 0 saturated carbocycles. The molecule has 2 aliphatic heterocycles. The van der Waals surface area contributed by atoms with Crippen LogP contribution in [0.5, 0.6) is 0 Å². The third-order valence-corrected chi connectivity index (χ3v) is 14.0. The van der Waals surface area contributed by atoms with E-state index in [1.807, 2.05) is 182 Å². The number of sulfone groups is 2. The monoisotopic (exact) mass is 1010 g/mol. The van der Waals surface area contributed by atoms with E-state index in [9.17, 15) is 16.8 Å². The van der Waals surface area contributed by atoms with Gasteiger partial charge in [0.25, 0.3) is 0 Å². The lowest BCUT2D eigenvalue weighted by atomic mass is 9.97. The minimum atomic E-state index is -3.73. The molecule has 0 aromatic heterocycles. The van der Waals surface area contributed by atoms with Crippen molar-refractivity contribution in [3.05, 3.63) is 215 Å². The lowest BCUT2D eigenvalue weighted by molar-refractivity contribution is -0.388. The van der Waals surface area contributed by atoms with Crippen molar-refractivity contribution in [2.45, 2.75) is 101 Å². The van der Waals surface area contributed by atoms with Gasteiger partial charge in [0.05, 0.1) is 51.1 Å². The lowest BCUT2D eigenvalue weighted by Gasteiger charge is -2.49. The van der Waals surface area contributed by atoms with Crippen molar-refractivity contribution in [3.63, 3.8) is 0 Å². The van der Waals surface area contributed by atoms with Gasteiger partial charge in [-0.3, -0.25) is 0 Å². The molecule has 2 aliphatic rings. The summed E-state index contributed by atoms with van der Waals surface area (Å²) in [5.74, 6) is -0.922. The Hall–Kier alpha value is -5.14. The second kappa shape index (κ2) is 25.5. The van der Waals surface area contributed by atoms with E-state index in [4.69, 9.17) is 42.6 Å². The van der Waals surface area contributed by atoms with Crippen molar-refractivity contribution in [2.75, 3.05) is 24.0 Å². The Labute approximate surface area is 417 Å². The van der Waals surface area contributed by atoms with E-state index in [1.54, 1.807) is 0 Å². The minimum Gasteiger partial charge on any atom is -0.368 e. The highest BCUT2D eigenvalue weighted by Crippen LogP contribution is 2.37. The summed E-state index contributed by atoms with van der Waals surface area (Å²) in [6.45, 7) is 0.587. The quantitative estimate of drug-likeness (QED) is 0.0576. The number of benzene rings is 6. The maximum atomic E-state index is 13.4. The van der Waals surface area contributed by atoms with Crippen LogP contribution < -0.4 is 0 Å². The van der Waals surface area contributed by atoms with Gasteiger partial charge in [0, 0.05) is 12.5 Å². The normalized spacial score (nSPS) is 24.9. The summed E-state index contributed by atoms with van der Waals surface area (Å²) in [7, 11) is -7.47. The fourth-order valence-electron chi connectivity index (χ4n) is 8.71. The molecule has 15 heteroatoms. The van der Waals surface area contributed by atoms with Gasteiger partial charge in [-0.15, -0.1) is 0 Å². The van der Waals surface area contributed by atoms with Gasteiger partial charge in [0.1, 0.15) is 68.5 Å². The Morgan fingerprint density at radius 3 is 0.761 bits per heavy atom. The molecule has 2 saturated heterocycles. The first-order chi connectivity index (χ1) is 34.4. The van der Waals surface area contributed by atoms with E-state index in [-0.39, 0.29) is 39.6 Å². The van der Waals surface area contributed by atoms with Gasteiger partial charge in [0.15, 0.2) is 12.6 Å². The average molecular weight is 1010 g/mol. The molecule has 5 unspecified atom stereocenters. The molecule has 0 spiro atoms. The highest BCUT2D eigenvalue weighted by atomic mass is 32.2. The smallest absolute Gasteiger partial charge is 0.190 e. The molecule has 376 valence electrons. The number of hydrogen-bond donors (Lipinski definition) is 0. The molecule has 10 atom stereocenters. The number of rotatable bonds is 24. The van der Waals surface area contributed by atoms with Gasteiger partial charge in [0.2, 0.25) is 0 Å². The predicted molar refractivity (Wildman–Crippen MR) is 268 cm³/mol. The van der Waals surface area contributed by atoms with Crippen molar-refractivity contribution in [1.29, 1.82) is 0 Å². The topological polar surface area (TPSA) is 151 Å². The SMILES string of the molecule is CS(=O)(=O)CC1O[C@@H](O[C@@H]2OC(CS(C)(=O)=O)[C@H](OCc3ccccc3)[C@H](OCc3ccccc3)C2OCc2ccccc2)C(OCc2ccccc2)C(OCc2ccccc2)[C@H]1OCc1ccccc1.